The lowest BCUT2D eigenvalue weighted by atomic mass is 9.87. The Morgan fingerprint density at radius 2 is 2.23 bits per heavy atom. The van der Waals surface area contributed by atoms with Crippen LogP contribution in [0.3, 0.4) is 0 Å². The molecule has 0 aromatic heterocycles. The van der Waals surface area contributed by atoms with E-state index in [4.69, 9.17) is 9.47 Å². The summed E-state index contributed by atoms with van der Waals surface area (Å²) < 4.78 is 10.7. The first-order valence-corrected chi connectivity index (χ1v) is 8.40. The number of allylic oxidation sites excluding steroid dienone is 1. The van der Waals surface area contributed by atoms with E-state index in [1.54, 1.807) is 17.8 Å². The first-order valence-electron chi connectivity index (χ1n) is 7.35. The molecule has 0 aliphatic carbocycles. The number of thioether (sulfide) groups is 1. The number of β-lactam (4-membered cyclic amide) rings is 1. The number of hydrogen-bond acceptors (Lipinski definition) is 6. The lowest BCUT2D eigenvalue weighted by Gasteiger charge is -2.56. The van der Waals surface area contributed by atoms with Gasteiger partial charge in [-0.3, -0.25) is 14.5 Å². The minimum atomic E-state index is -1.55. The molecule has 0 N–H and O–H groups in total. The molecule has 1 amide bonds. The quantitative estimate of drug-likeness (QED) is 0.442. The zero-order valence-electron chi connectivity index (χ0n) is 12.8. The summed E-state index contributed by atoms with van der Waals surface area (Å²) in [6.45, 7) is 5.75. The number of carbonyl (C=O) groups is 3. The van der Waals surface area contributed by atoms with E-state index in [0.29, 0.717) is 5.75 Å². The van der Waals surface area contributed by atoms with Crippen molar-refractivity contribution in [2.24, 2.45) is 11.8 Å². The average molecular weight is 325 g/mol. The van der Waals surface area contributed by atoms with Crippen LogP contribution in [0.4, 0.5) is 0 Å². The molecule has 3 rings (SSSR count). The fourth-order valence-corrected chi connectivity index (χ4v) is 4.73. The first-order chi connectivity index (χ1) is 10.4. The molecule has 0 spiro atoms. The predicted octanol–water partition coefficient (Wildman–Crippen LogP) is 1.31. The predicted molar refractivity (Wildman–Crippen MR) is 79.6 cm³/mol. The smallest absolute Gasteiger partial charge is 0.373 e. The number of carbonyl (C=O) groups excluding carboxylic acids is 3. The van der Waals surface area contributed by atoms with Crippen LogP contribution in [0.15, 0.2) is 11.6 Å². The van der Waals surface area contributed by atoms with Crippen molar-refractivity contribution in [1.29, 1.82) is 0 Å². The van der Waals surface area contributed by atoms with Gasteiger partial charge in [0, 0.05) is 11.7 Å². The molecule has 7 heteroatoms. The van der Waals surface area contributed by atoms with Crippen LogP contribution in [0.5, 0.6) is 0 Å². The van der Waals surface area contributed by atoms with Crippen LogP contribution < -0.4 is 0 Å². The van der Waals surface area contributed by atoms with Crippen LogP contribution in [0.25, 0.3) is 0 Å². The molecule has 0 unspecified atom stereocenters. The molecule has 22 heavy (non-hydrogen) atoms. The van der Waals surface area contributed by atoms with Gasteiger partial charge in [0.05, 0.1) is 17.7 Å². The summed E-state index contributed by atoms with van der Waals surface area (Å²) in [6, 6.07) is 0. The third-order valence-corrected chi connectivity index (χ3v) is 5.92. The molecule has 3 saturated heterocycles. The van der Waals surface area contributed by atoms with E-state index in [0.717, 1.165) is 5.57 Å². The maximum atomic E-state index is 12.6. The monoisotopic (exact) mass is 325 g/mol. The number of ether oxygens (including phenoxy) is 2. The summed E-state index contributed by atoms with van der Waals surface area (Å²) in [4.78, 5) is 38.1. The van der Waals surface area contributed by atoms with Crippen LogP contribution in [0.2, 0.25) is 0 Å². The van der Waals surface area contributed by atoms with Crippen LogP contribution >= 0.6 is 11.8 Å². The number of amides is 1. The highest BCUT2D eigenvalue weighted by Gasteiger charge is 2.70. The van der Waals surface area contributed by atoms with Crippen molar-refractivity contribution in [3.8, 4) is 0 Å². The number of rotatable bonds is 3. The third kappa shape index (κ3) is 2.06. The lowest BCUT2D eigenvalue weighted by molar-refractivity contribution is -0.221. The Bertz CT molecular complexity index is 570. The zero-order valence-corrected chi connectivity index (χ0v) is 13.6. The summed E-state index contributed by atoms with van der Waals surface area (Å²) in [5.41, 5.74) is -0.525. The van der Waals surface area contributed by atoms with Crippen molar-refractivity contribution in [2.45, 2.75) is 38.3 Å². The van der Waals surface area contributed by atoms with Gasteiger partial charge in [-0.15, -0.1) is 11.8 Å². The summed E-state index contributed by atoms with van der Waals surface area (Å²) in [7, 11) is 0. The molecule has 0 bridgehead atoms. The van der Waals surface area contributed by atoms with Crippen molar-refractivity contribution < 1.29 is 23.9 Å². The fourth-order valence-electron chi connectivity index (χ4n) is 3.14. The molecule has 4 atom stereocenters. The molecule has 3 fully saturated rings. The molecule has 0 aromatic carbocycles. The standard InChI is InChI=1S/C15H19NO5S/c1-8(2)4-5-20-14(19)15-10(6-11(17)21-15)7-22-13-9(3)12(18)16(13)15/h4,9-10,13H,5-7H2,1-3H3/t9-,10+,13-,15-/m1/s1. The summed E-state index contributed by atoms with van der Waals surface area (Å²) in [5.74, 6) is -1.12. The highest BCUT2D eigenvalue weighted by atomic mass is 32.2. The molecule has 3 aliphatic rings. The van der Waals surface area contributed by atoms with E-state index in [1.807, 2.05) is 20.8 Å². The van der Waals surface area contributed by atoms with E-state index in [9.17, 15) is 14.4 Å². The topological polar surface area (TPSA) is 72.9 Å². The minimum Gasteiger partial charge on any atom is -0.457 e. The van der Waals surface area contributed by atoms with E-state index < -0.39 is 17.7 Å². The van der Waals surface area contributed by atoms with Gasteiger partial charge in [0.2, 0.25) is 5.91 Å². The first kappa shape index (κ1) is 15.4. The molecular formula is C15H19NO5S. The van der Waals surface area contributed by atoms with Gasteiger partial charge in [0.25, 0.3) is 5.72 Å². The number of nitrogens with zero attached hydrogens (tertiary/aromatic N) is 1. The molecule has 0 saturated carbocycles. The largest absolute Gasteiger partial charge is 0.457 e. The Kier molecular flexibility index (Phi) is 3.71. The van der Waals surface area contributed by atoms with Crippen molar-refractivity contribution in [3.63, 3.8) is 0 Å². The van der Waals surface area contributed by atoms with Crippen LogP contribution in [0, 0.1) is 11.8 Å². The number of esters is 2. The number of hydrogen-bond donors (Lipinski definition) is 0. The summed E-state index contributed by atoms with van der Waals surface area (Å²) >= 11 is 1.60. The Hall–Kier alpha value is -1.50. The normalized spacial score (nSPS) is 36.0. The number of fused-ring (bicyclic) bond motifs is 3. The van der Waals surface area contributed by atoms with Crippen LogP contribution in [-0.2, 0) is 23.9 Å². The Labute approximate surface area is 133 Å². The van der Waals surface area contributed by atoms with Gasteiger partial charge < -0.3 is 9.47 Å². The Morgan fingerprint density at radius 3 is 2.91 bits per heavy atom. The van der Waals surface area contributed by atoms with Gasteiger partial charge >= 0.3 is 11.9 Å². The van der Waals surface area contributed by atoms with E-state index >= 15 is 0 Å². The second kappa shape index (κ2) is 5.30. The molecule has 120 valence electrons. The summed E-state index contributed by atoms with van der Waals surface area (Å²) in [6.07, 6.45) is 1.92. The van der Waals surface area contributed by atoms with Gasteiger partial charge in [-0.2, -0.15) is 0 Å². The van der Waals surface area contributed by atoms with Crippen molar-refractivity contribution in [1.82, 2.24) is 4.90 Å². The van der Waals surface area contributed by atoms with E-state index in [2.05, 4.69) is 0 Å². The Balaban J connectivity index is 1.88. The molecule has 0 aromatic rings. The lowest BCUT2D eigenvalue weighted by Crippen LogP contribution is -2.75. The van der Waals surface area contributed by atoms with Gasteiger partial charge in [-0.25, -0.2) is 4.79 Å². The highest BCUT2D eigenvalue weighted by molar-refractivity contribution is 8.00. The Morgan fingerprint density at radius 1 is 1.50 bits per heavy atom. The van der Waals surface area contributed by atoms with E-state index in [1.165, 1.54) is 4.90 Å². The van der Waals surface area contributed by atoms with Gasteiger partial charge in [-0.1, -0.05) is 12.5 Å². The van der Waals surface area contributed by atoms with Gasteiger partial charge in [0.15, 0.2) is 0 Å². The van der Waals surface area contributed by atoms with Crippen molar-refractivity contribution in [2.75, 3.05) is 12.4 Å². The average Bonchev–Trinajstić information content (AvgIpc) is 2.81. The van der Waals surface area contributed by atoms with Crippen LogP contribution in [-0.4, -0.2) is 46.2 Å². The molecule has 3 heterocycles. The highest BCUT2D eigenvalue weighted by Crippen LogP contribution is 2.53. The zero-order chi connectivity index (χ0) is 16.1. The third-order valence-electron chi connectivity index (χ3n) is 4.37. The van der Waals surface area contributed by atoms with Gasteiger partial charge in [0.1, 0.15) is 6.61 Å². The van der Waals surface area contributed by atoms with Crippen molar-refractivity contribution in [3.05, 3.63) is 11.6 Å². The second-order valence-electron chi connectivity index (χ2n) is 6.17. The van der Waals surface area contributed by atoms with Crippen LogP contribution in [0.1, 0.15) is 27.2 Å². The van der Waals surface area contributed by atoms with Crippen molar-refractivity contribution >= 4 is 29.6 Å². The second-order valence-corrected chi connectivity index (χ2v) is 7.32. The SMILES string of the molecule is CC(C)=CCOC(=O)[C@]12OC(=O)C[C@H]1CS[C@@H]1[C@H](C)C(=O)N12. The minimum absolute atomic E-state index is 0.114. The molecule has 0 radical (unpaired) electrons. The summed E-state index contributed by atoms with van der Waals surface area (Å²) in [5, 5.41) is -0.120. The molecule has 6 nitrogen and oxygen atoms in total. The molecule has 3 aliphatic heterocycles. The molecular weight excluding hydrogens is 306 g/mol. The fraction of sp³-hybridized carbons (Fsp3) is 0.667. The van der Waals surface area contributed by atoms with Gasteiger partial charge in [-0.05, 0) is 19.9 Å². The van der Waals surface area contributed by atoms with E-state index in [-0.39, 0.29) is 36.1 Å². The maximum Gasteiger partial charge on any atom is 0.373 e. The maximum absolute atomic E-state index is 12.6.